The first-order valence-electron chi connectivity index (χ1n) is 5.68. The van der Waals surface area contributed by atoms with Gasteiger partial charge in [-0.1, -0.05) is 0 Å². The van der Waals surface area contributed by atoms with Gasteiger partial charge in [0.15, 0.2) is 0 Å². The lowest BCUT2D eigenvalue weighted by molar-refractivity contribution is -0.0117. The molecule has 0 saturated carbocycles. The van der Waals surface area contributed by atoms with E-state index in [2.05, 4.69) is 43.2 Å². The van der Waals surface area contributed by atoms with Gasteiger partial charge in [0.25, 0.3) is 0 Å². The topological polar surface area (TPSA) is 50.3 Å². The Kier molecular flexibility index (Phi) is 4.31. The number of anilines is 1. The first-order chi connectivity index (χ1) is 8.13. The summed E-state index contributed by atoms with van der Waals surface area (Å²) in [6.07, 6.45) is 0.225. The largest absolute Gasteiger partial charge is 0.374 e. The average Bonchev–Trinajstić information content (AvgIpc) is 2.25. The second kappa shape index (κ2) is 5.75. The van der Waals surface area contributed by atoms with E-state index in [1.807, 2.05) is 13.0 Å². The highest BCUT2D eigenvalue weighted by Crippen LogP contribution is 2.12. The number of aryl methyl sites for hydroxylation is 1. The molecule has 0 spiro atoms. The van der Waals surface area contributed by atoms with Crippen molar-refractivity contribution in [3.63, 3.8) is 0 Å². The summed E-state index contributed by atoms with van der Waals surface area (Å²) in [4.78, 5) is 10.8. The Labute approximate surface area is 110 Å². The zero-order valence-electron chi connectivity index (χ0n) is 10.1. The number of hydrogen-bond acceptors (Lipinski definition) is 5. The van der Waals surface area contributed by atoms with Gasteiger partial charge in [0.05, 0.1) is 12.7 Å². The molecule has 1 saturated heterocycles. The molecule has 0 aromatic carbocycles. The summed E-state index contributed by atoms with van der Waals surface area (Å²) >= 11 is 3.36. The number of nitrogens with one attached hydrogen (secondary N) is 1. The van der Waals surface area contributed by atoms with Crippen molar-refractivity contribution in [2.75, 3.05) is 38.6 Å². The molecule has 94 valence electrons. The van der Waals surface area contributed by atoms with Crippen LogP contribution >= 0.6 is 15.9 Å². The van der Waals surface area contributed by atoms with Crippen LogP contribution < -0.4 is 5.32 Å². The van der Waals surface area contributed by atoms with Crippen LogP contribution in [0, 0.1) is 6.92 Å². The molecule has 0 bridgehead atoms. The first-order valence-corrected chi connectivity index (χ1v) is 6.48. The smallest absolute Gasteiger partial charge is 0.130 e. The SMILES string of the molecule is Cc1nc(Br)cc(NCC2CN(C)CCO2)n1. The number of morpholine rings is 1. The van der Waals surface area contributed by atoms with Crippen molar-refractivity contribution in [1.29, 1.82) is 0 Å². The Morgan fingerprint density at radius 3 is 3.12 bits per heavy atom. The summed E-state index contributed by atoms with van der Waals surface area (Å²) in [5, 5.41) is 3.28. The summed E-state index contributed by atoms with van der Waals surface area (Å²) < 4.78 is 6.47. The van der Waals surface area contributed by atoms with Gasteiger partial charge in [0.1, 0.15) is 16.2 Å². The molecule has 5 nitrogen and oxygen atoms in total. The Morgan fingerprint density at radius 2 is 2.41 bits per heavy atom. The van der Waals surface area contributed by atoms with Gasteiger partial charge in [-0.15, -0.1) is 0 Å². The zero-order chi connectivity index (χ0) is 12.3. The minimum Gasteiger partial charge on any atom is -0.374 e. The fraction of sp³-hybridized carbons (Fsp3) is 0.636. The van der Waals surface area contributed by atoms with Gasteiger partial charge in [-0.05, 0) is 29.9 Å². The van der Waals surface area contributed by atoms with Gasteiger partial charge in [0, 0.05) is 25.7 Å². The molecule has 1 aromatic heterocycles. The maximum Gasteiger partial charge on any atom is 0.130 e. The molecule has 0 aliphatic carbocycles. The number of rotatable bonds is 3. The Hall–Kier alpha value is -0.720. The van der Waals surface area contributed by atoms with Crippen molar-refractivity contribution >= 4 is 21.7 Å². The number of halogens is 1. The summed E-state index contributed by atoms with van der Waals surface area (Å²) in [5.74, 6) is 1.59. The van der Waals surface area contributed by atoms with Crippen molar-refractivity contribution in [3.05, 3.63) is 16.5 Å². The van der Waals surface area contributed by atoms with E-state index in [0.29, 0.717) is 0 Å². The quantitative estimate of drug-likeness (QED) is 0.853. The average molecular weight is 301 g/mol. The molecule has 2 heterocycles. The predicted octanol–water partition coefficient (Wildman–Crippen LogP) is 1.29. The van der Waals surface area contributed by atoms with Gasteiger partial charge in [-0.3, -0.25) is 0 Å². The number of hydrogen-bond donors (Lipinski definition) is 1. The van der Waals surface area contributed by atoms with E-state index < -0.39 is 0 Å². The van der Waals surface area contributed by atoms with Crippen molar-refractivity contribution in [3.8, 4) is 0 Å². The minimum atomic E-state index is 0.225. The van der Waals surface area contributed by atoms with Gasteiger partial charge in [-0.25, -0.2) is 9.97 Å². The molecular weight excluding hydrogens is 284 g/mol. The normalized spacial score (nSPS) is 21.5. The molecular formula is C11H17BrN4O. The predicted molar refractivity (Wildman–Crippen MR) is 70.2 cm³/mol. The van der Waals surface area contributed by atoms with Crippen LogP contribution in [0.5, 0.6) is 0 Å². The van der Waals surface area contributed by atoms with Crippen molar-refractivity contribution in [2.24, 2.45) is 0 Å². The Bertz CT molecular complexity index is 367. The highest BCUT2D eigenvalue weighted by atomic mass is 79.9. The minimum absolute atomic E-state index is 0.225. The first kappa shape index (κ1) is 12.7. The van der Waals surface area contributed by atoms with Crippen LogP contribution in [0.4, 0.5) is 5.82 Å². The fourth-order valence-electron chi connectivity index (χ4n) is 1.83. The summed E-state index contributed by atoms with van der Waals surface area (Å²) in [6.45, 7) is 5.41. The van der Waals surface area contributed by atoms with E-state index in [0.717, 1.165) is 42.5 Å². The maximum atomic E-state index is 5.67. The molecule has 1 aliphatic rings. The second-order valence-corrected chi connectivity index (χ2v) is 5.07. The van der Waals surface area contributed by atoms with Crippen LogP contribution in [-0.4, -0.2) is 54.3 Å². The number of ether oxygens (including phenoxy) is 1. The third kappa shape index (κ3) is 3.90. The summed E-state index contributed by atoms with van der Waals surface area (Å²) in [5.41, 5.74) is 0. The van der Waals surface area contributed by atoms with Gasteiger partial charge in [0.2, 0.25) is 0 Å². The Balaban J connectivity index is 1.88. The lowest BCUT2D eigenvalue weighted by Gasteiger charge is -2.30. The number of aromatic nitrogens is 2. The fourth-order valence-corrected chi connectivity index (χ4v) is 2.30. The summed E-state index contributed by atoms with van der Waals surface area (Å²) in [6, 6.07) is 1.87. The van der Waals surface area contributed by atoms with Crippen molar-refractivity contribution < 1.29 is 4.74 Å². The lowest BCUT2D eigenvalue weighted by Crippen LogP contribution is -2.43. The second-order valence-electron chi connectivity index (χ2n) is 4.26. The molecule has 0 amide bonds. The Morgan fingerprint density at radius 1 is 1.59 bits per heavy atom. The third-order valence-corrected chi connectivity index (χ3v) is 3.07. The van der Waals surface area contributed by atoms with Crippen molar-refractivity contribution in [1.82, 2.24) is 14.9 Å². The lowest BCUT2D eigenvalue weighted by atomic mass is 10.3. The van der Waals surface area contributed by atoms with Crippen LogP contribution in [-0.2, 0) is 4.74 Å². The van der Waals surface area contributed by atoms with E-state index >= 15 is 0 Å². The van der Waals surface area contributed by atoms with Crippen LogP contribution in [0.2, 0.25) is 0 Å². The van der Waals surface area contributed by atoms with Crippen LogP contribution in [0.25, 0.3) is 0 Å². The molecule has 2 rings (SSSR count). The number of nitrogens with zero attached hydrogens (tertiary/aromatic N) is 3. The highest BCUT2D eigenvalue weighted by molar-refractivity contribution is 9.10. The highest BCUT2D eigenvalue weighted by Gasteiger charge is 2.17. The van der Waals surface area contributed by atoms with Gasteiger partial charge in [-0.2, -0.15) is 0 Å². The van der Waals surface area contributed by atoms with E-state index in [9.17, 15) is 0 Å². The molecule has 1 aromatic rings. The zero-order valence-corrected chi connectivity index (χ0v) is 11.7. The summed E-state index contributed by atoms with van der Waals surface area (Å²) in [7, 11) is 2.11. The van der Waals surface area contributed by atoms with Crippen LogP contribution in [0.15, 0.2) is 10.7 Å². The van der Waals surface area contributed by atoms with E-state index in [1.165, 1.54) is 0 Å². The van der Waals surface area contributed by atoms with Gasteiger partial charge >= 0.3 is 0 Å². The molecule has 6 heteroatoms. The molecule has 1 aliphatic heterocycles. The van der Waals surface area contributed by atoms with Crippen LogP contribution in [0.1, 0.15) is 5.82 Å². The molecule has 1 atom stereocenters. The molecule has 17 heavy (non-hydrogen) atoms. The van der Waals surface area contributed by atoms with Crippen molar-refractivity contribution in [2.45, 2.75) is 13.0 Å². The van der Waals surface area contributed by atoms with E-state index in [4.69, 9.17) is 4.74 Å². The third-order valence-electron chi connectivity index (χ3n) is 2.66. The van der Waals surface area contributed by atoms with Gasteiger partial charge < -0.3 is 15.0 Å². The molecule has 1 N–H and O–H groups in total. The van der Waals surface area contributed by atoms with E-state index in [1.54, 1.807) is 0 Å². The van der Waals surface area contributed by atoms with E-state index in [-0.39, 0.29) is 6.10 Å². The van der Waals surface area contributed by atoms with Crippen LogP contribution in [0.3, 0.4) is 0 Å². The molecule has 0 radical (unpaired) electrons. The molecule has 1 unspecified atom stereocenters. The number of likely N-dealkylation sites (N-methyl/N-ethyl adjacent to an activating group) is 1. The standard InChI is InChI=1S/C11H17BrN4O/c1-8-14-10(12)5-11(15-8)13-6-9-7-16(2)3-4-17-9/h5,9H,3-4,6-7H2,1-2H3,(H,13,14,15). The molecule has 1 fully saturated rings. The monoisotopic (exact) mass is 300 g/mol. The maximum absolute atomic E-state index is 5.67.